The van der Waals surface area contributed by atoms with Crippen LogP contribution in [0.25, 0.3) is 0 Å². The molecule has 0 bridgehead atoms. The lowest BCUT2D eigenvalue weighted by Gasteiger charge is -2.34. The Hall–Kier alpha value is -1.12. The van der Waals surface area contributed by atoms with Gasteiger partial charge in [0.15, 0.2) is 0 Å². The Balaban J connectivity index is 1.66. The molecule has 4 nitrogen and oxygen atoms in total. The first-order valence-electron chi connectivity index (χ1n) is 7.66. The van der Waals surface area contributed by atoms with E-state index >= 15 is 0 Å². The van der Waals surface area contributed by atoms with Gasteiger partial charge in [0, 0.05) is 32.7 Å². The molecule has 3 rings (SSSR count). The monoisotopic (exact) mass is 348 g/mol. The number of hydrogen-bond acceptors (Lipinski definition) is 3. The molecule has 0 amide bonds. The normalized spacial score (nSPS) is 21.5. The number of nitrogens with zero attached hydrogens (tertiary/aromatic N) is 2. The third-order valence-electron chi connectivity index (χ3n) is 4.36. The lowest BCUT2D eigenvalue weighted by molar-refractivity contribution is -0.137. The van der Waals surface area contributed by atoms with Crippen molar-refractivity contribution in [2.24, 2.45) is 5.92 Å². The second kappa shape index (κ2) is 6.07. The largest absolute Gasteiger partial charge is 0.416 e. The van der Waals surface area contributed by atoms with Gasteiger partial charge in [-0.05, 0) is 43.0 Å². The summed E-state index contributed by atoms with van der Waals surface area (Å²) in [7, 11) is -3.72. The number of benzene rings is 1. The first-order chi connectivity index (χ1) is 10.8. The van der Waals surface area contributed by atoms with Crippen LogP contribution >= 0.6 is 0 Å². The van der Waals surface area contributed by atoms with Crippen molar-refractivity contribution >= 4 is 10.0 Å². The number of rotatable bonds is 4. The van der Waals surface area contributed by atoms with Crippen molar-refractivity contribution in [2.75, 3.05) is 32.7 Å². The summed E-state index contributed by atoms with van der Waals surface area (Å²) >= 11 is 0. The summed E-state index contributed by atoms with van der Waals surface area (Å²) in [4.78, 5) is 2.18. The van der Waals surface area contributed by atoms with Crippen LogP contribution in [0.5, 0.6) is 0 Å². The Morgan fingerprint density at radius 1 is 1.00 bits per heavy atom. The molecule has 2 aliphatic rings. The van der Waals surface area contributed by atoms with E-state index in [0.717, 1.165) is 36.7 Å². The fourth-order valence-corrected chi connectivity index (χ4v) is 4.21. The van der Waals surface area contributed by atoms with Crippen LogP contribution in [0.15, 0.2) is 29.2 Å². The molecule has 1 saturated carbocycles. The molecular weight excluding hydrogens is 329 g/mol. The molecule has 0 atom stereocenters. The predicted octanol–water partition coefficient (Wildman–Crippen LogP) is 2.42. The van der Waals surface area contributed by atoms with Crippen LogP contribution in [-0.2, 0) is 16.2 Å². The second-order valence-electron chi connectivity index (χ2n) is 6.17. The summed E-state index contributed by atoms with van der Waals surface area (Å²) in [6, 6.07) is 3.70. The van der Waals surface area contributed by atoms with Gasteiger partial charge in [-0.3, -0.25) is 0 Å². The second-order valence-corrected chi connectivity index (χ2v) is 8.11. The minimum absolute atomic E-state index is 0.0823. The van der Waals surface area contributed by atoms with E-state index in [0.29, 0.717) is 26.2 Å². The fourth-order valence-electron chi connectivity index (χ4n) is 2.78. The van der Waals surface area contributed by atoms with Gasteiger partial charge < -0.3 is 4.90 Å². The zero-order chi connectivity index (χ0) is 16.7. The van der Waals surface area contributed by atoms with Crippen LogP contribution in [0, 0.1) is 5.92 Å². The van der Waals surface area contributed by atoms with Crippen LogP contribution in [0.4, 0.5) is 13.2 Å². The highest BCUT2D eigenvalue weighted by Crippen LogP contribution is 2.31. The SMILES string of the molecule is O=S(=O)(c1ccc(C(F)(F)F)cc1)N1CCN(CC2CC2)CC1. The molecule has 0 spiro atoms. The summed E-state index contributed by atoms with van der Waals surface area (Å²) in [6.07, 6.45) is -1.95. The van der Waals surface area contributed by atoms with Crippen molar-refractivity contribution in [3.05, 3.63) is 29.8 Å². The Morgan fingerprint density at radius 3 is 2.04 bits per heavy atom. The molecule has 128 valence electrons. The van der Waals surface area contributed by atoms with Gasteiger partial charge in [0.2, 0.25) is 10.0 Å². The minimum Gasteiger partial charge on any atom is -0.300 e. The van der Waals surface area contributed by atoms with Gasteiger partial charge in [-0.25, -0.2) is 8.42 Å². The molecule has 23 heavy (non-hydrogen) atoms. The molecule has 1 aliphatic carbocycles. The van der Waals surface area contributed by atoms with E-state index in [-0.39, 0.29) is 4.90 Å². The highest BCUT2D eigenvalue weighted by atomic mass is 32.2. The first kappa shape index (κ1) is 16.7. The molecular formula is C15H19F3N2O2S. The lowest BCUT2D eigenvalue weighted by atomic mass is 10.2. The molecule has 1 aromatic carbocycles. The molecule has 1 aliphatic heterocycles. The summed E-state index contributed by atoms with van der Waals surface area (Å²) in [5, 5.41) is 0. The Bertz CT molecular complexity index is 646. The number of hydrogen-bond donors (Lipinski definition) is 0. The van der Waals surface area contributed by atoms with Crippen LogP contribution in [0.1, 0.15) is 18.4 Å². The van der Waals surface area contributed by atoms with Crippen LogP contribution < -0.4 is 0 Å². The van der Waals surface area contributed by atoms with Gasteiger partial charge in [0.25, 0.3) is 0 Å². The summed E-state index contributed by atoms with van der Waals surface area (Å²) in [6.45, 7) is 3.15. The van der Waals surface area contributed by atoms with Crippen LogP contribution in [-0.4, -0.2) is 50.3 Å². The molecule has 0 N–H and O–H groups in total. The highest BCUT2D eigenvalue weighted by molar-refractivity contribution is 7.89. The molecule has 0 radical (unpaired) electrons. The van der Waals surface area contributed by atoms with Crippen molar-refractivity contribution in [3.63, 3.8) is 0 Å². The average Bonchev–Trinajstić information content (AvgIpc) is 3.31. The van der Waals surface area contributed by atoms with E-state index < -0.39 is 21.8 Å². The van der Waals surface area contributed by atoms with Gasteiger partial charge in [0.1, 0.15) is 0 Å². The lowest BCUT2D eigenvalue weighted by Crippen LogP contribution is -2.49. The Morgan fingerprint density at radius 2 is 1.57 bits per heavy atom. The maximum absolute atomic E-state index is 12.6. The third-order valence-corrected chi connectivity index (χ3v) is 6.28. The maximum atomic E-state index is 12.6. The van der Waals surface area contributed by atoms with Gasteiger partial charge in [0.05, 0.1) is 10.5 Å². The number of alkyl halides is 3. The van der Waals surface area contributed by atoms with Crippen molar-refractivity contribution in [2.45, 2.75) is 23.9 Å². The summed E-state index contributed by atoms with van der Waals surface area (Å²) in [5.41, 5.74) is -0.842. The topological polar surface area (TPSA) is 40.6 Å². The van der Waals surface area contributed by atoms with E-state index in [2.05, 4.69) is 4.90 Å². The fraction of sp³-hybridized carbons (Fsp3) is 0.600. The predicted molar refractivity (Wildman–Crippen MR) is 79.4 cm³/mol. The molecule has 2 fully saturated rings. The number of piperazine rings is 1. The zero-order valence-corrected chi connectivity index (χ0v) is 13.4. The minimum atomic E-state index is -4.46. The van der Waals surface area contributed by atoms with E-state index in [9.17, 15) is 21.6 Å². The molecule has 8 heteroatoms. The number of sulfonamides is 1. The van der Waals surface area contributed by atoms with E-state index in [4.69, 9.17) is 0 Å². The maximum Gasteiger partial charge on any atom is 0.416 e. The zero-order valence-electron chi connectivity index (χ0n) is 12.6. The molecule has 1 aromatic rings. The smallest absolute Gasteiger partial charge is 0.300 e. The van der Waals surface area contributed by atoms with Crippen LogP contribution in [0.3, 0.4) is 0 Å². The van der Waals surface area contributed by atoms with Gasteiger partial charge in [-0.1, -0.05) is 0 Å². The summed E-state index contributed by atoms with van der Waals surface area (Å²) in [5.74, 6) is 0.757. The molecule has 0 aromatic heterocycles. The van der Waals surface area contributed by atoms with Crippen molar-refractivity contribution in [1.82, 2.24) is 9.21 Å². The quantitative estimate of drug-likeness (QED) is 0.839. The third kappa shape index (κ3) is 3.87. The molecule has 1 saturated heterocycles. The van der Waals surface area contributed by atoms with Crippen molar-refractivity contribution in [1.29, 1.82) is 0 Å². The molecule has 0 unspecified atom stereocenters. The standard InChI is InChI=1S/C15H19F3N2O2S/c16-15(17,18)13-3-5-14(6-4-13)23(21,22)20-9-7-19(8-10-20)11-12-1-2-12/h3-6,12H,1-2,7-11H2. The molecule has 1 heterocycles. The van der Waals surface area contributed by atoms with Crippen molar-refractivity contribution in [3.8, 4) is 0 Å². The van der Waals surface area contributed by atoms with Crippen molar-refractivity contribution < 1.29 is 21.6 Å². The van der Waals surface area contributed by atoms with E-state index in [1.807, 2.05) is 0 Å². The Kier molecular flexibility index (Phi) is 4.41. The van der Waals surface area contributed by atoms with Gasteiger partial charge in [-0.15, -0.1) is 0 Å². The van der Waals surface area contributed by atoms with E-state index in [1.54, 1.807) is 0 Å². The average molecular weight is 348 g/mol. The first-order valence-corrected chi connectivity index (χ1v) is 9.10. The van der Waals surface area contributed by atoms with Crippen LogP contribution in [0.2, 0.25) is 0 Å². The van der Waals surface area contributed by atoms with Gasteiger partial charge >= 0.3 is 6.18 Å². The number of halogens is 3. The van der Waals surface area contributed by atoms with Gasteiger partial charge in [-0.2, -0.15) is 17.5 Å². The Labute approximate surface area is 133 Å². The van der Waals surface area contributed by atoms with E-state index in [1.165, 1.54) is 17.1 Å². The highest BCUT2D eigenvalue weighted by Gasteiger charge is 2.33. The summed E-state index contributed by atoms with van der Waals surface area (Å²) < 4.78 is 64.1.